The standard InChI is InChI=1S/C28H23N5O2/c34-26-15-14-24(28-22(26)10-7-13-27(28)35)32-31-23-11-1-2-12-25(23)33(18-20-8-3-5-16-29-20)19-21-9-4-6-17-30-21/h1-17,34-35H,18-19H2. The van der Waals surface area contributed by atoms with E-state index in [9.17, 15) is 10.2 Å². The molecule has 0 aliphatic heterocycles. The van der Waals surface area contributed by atoms with Gasteiger partial charge >= 0.3 is 0 Å². The fourth-order valence-electron chi connectivity index (χ4n) is 3.96. The number of benzene rings is 3. The SMILES string of the molecule is Oc1ccc(N=Nc2ccccc2N(Cc2ccccn2)Cc2ccccn2)c2c(O)cccc12. The molecule has 0 unspecified atom stereocenters. The van der Waals surface area contributed by atoms with Crippen LogP contribution in [0.4, 0.5) is 17.1 Å². The molecule has 0 aliphatic carbocycles. The van der Waals surface area contributed by atoms with Crippen LogP contribution in [0.1, 0.15) is 11.4 Å². The number of fused-ring (bicyclic) bond motifs is 1. The first-order valence-electron chi connectivity index (χ1n) is 11.2. The number of hydrogen-bond acceptors (Lipinski definition) is 7. The highest BCUT2D eigenvalue weighted by Crippen LogP contribution is 2.39. The Labute approximate surface area is 202 Å². The van der Waals surface area contributed by atoms with Crippen molar-refractivity contribution < 1.29 is 10.2 Å². The van der Waals surface area contributed by atoms with Crippen molar-refractivity contribution in [1.29, 1.82) is 0 Å². The molecule has 0 saturated heterocycles. The van der Waals surface area contributed by atoms with Gasteiger partial charge in [0.15, 0.2) is 0 Å². The summed E-state index contributed by atoms with van der Waals surface area (Å²) >= 11 is 0. The van der Waals surface area contributed by atoms with E-state index < -0.39 is 0 Å². The van der Waals surface area contributed by atoms with Crippen LogP contribution in [0.25, 0.3) is 10.8 Å². The maximum Gasteiger partial charge on any atom is 0.125 e. The van der Waals surface area contributed by atoms with Crippen molar-refractivity contribution in [3.05, 3.63) is 115 Å². The monoisotopic (exact) mass is 461 g/mol. The molecule has 35 heavy (non-hydrogen) atoms. The summed E-state index contributed by atoms with van der Waals surface area (Å²) in [5, 5.41) is 30.6. The molecule has 5 rings (SSSR count). The van der Waals surface area contributed by atoms with Gasteiger partial charge in [0.25, 0.3) is 0 Å². The number of phenolic OH excluding ortho intramolecular Hbond substituents is 2. The molecule has 0 saturated carbocycles. The van der Waals surface area contributed by atoms with Crippen LogP contribution in [0.2, 0.25) is 0 Å². The Hall–Kier alpha value is -4.78. The Balaban J connectivity index is 1.54. The maximum absolute atomic E-state index is 10.4. The first-order valence-corrected chi connectivity index (χ1v) is 11.2. The zero-order valence-corrected chi connectivity index (χ0v) is 18.9. The number of aromatic nitrogens is 2. The second kappa shape index (κ2) is 10.0. The maximum atomic E-state index is 10.4. The van der Waals surface area contributed by atoms with Gasteiger partial charge in [-0.2, -0.15) is 0 Å². The highest BCUT2D eigenvalue weighted by Gasteiger charge is 2.15. The Morgan fingerprint density at radius 1 is 0.600 bits per heavy atom. The summed E-state index contributed by atoms with van der Waals surface area (Å²) in [6.45, 7) is 1.12. The van der Waals surface area contributed by atoms with E-state index in [1.54, 1.807) is 42.7 Å². The van der Waals surface area contributed by atoms with Crippen molar-refractivity contribution in [2.45, 2.75) is 13.1 Å². The molecule has 0 bridgehead atoms. The van der Waals surface area contributed by atoms with E-state index >= 15 is 0 Å². The third kappa shape index (κ3) is 4.94. The van der Waals surface area contributed by atoms with E-state index in [4.69, 9.17) is 0 Å². The van der Waals surface area contributed by atoms with E-state index in [1.165, 1.54) is 0 Å². The smallest absolute Gasteiger partial charge is 0.125 e. The Morgan fingerprint density at radius 2 is 1.26 bits per heavy atom. The largest absolute Gasteiger partial charge is 0.507 e. The van der Waals surface area contributed by atoms with Gasteiger partial charge in [0.1, 0.15) is 17.2 Å². The van der Waals surface area contributed by atoms with Gasteiger partial charge in [0, 0.05) is 17.8 Å². The molecule has 0 spiro atoms. The minimum absolute atomic E-state index is 0.0348. The van der Waals surface area contributed by atoms with Crippen molar-refractivity contribution in [3.8, 4) is 11.5 Å². The summed E-state index contributed by atoms with van der Waals surface area (Å²) in [6.07, 6.45) is 3.56. The van der Waals surface area contributed by atoms with Crippen LogP contribution >= 0.6 is 0 Å². The molecule has 2 N–H and O–H groups in total. The van der Waals surface area contributed by atoms with Crippen LogP contribution in [-0.2, 0) is 13.1 Å². The molecular weight excluding hydrogens is 438 g/mol. The van der Waals surface area contributed by atoms with E-state index in [0.717, 1.165) is 17.1 Å². The first kappa shape index (κ1) is 22.0. The molecule has 0 atom stereocenters. The number of nitrogens with zero attached hydrogens (tertiary/aromatic N) is 5. The predicted molar refractivity (Wildman–Crippen MR) is 136 cm³/mol. The number of anilines is 1. The van der Waals surface area contributed by atoms with E-state index in [1.807, 2.05) is 60.7 Å². The van der Waals surface area contributed by atoms with E-state index in [0.29, 0.717) is 35.2 Å². The van der Waals surface area contributed by atoms with Gasteiger partial charge in [-0.15, -0.1) is 10.2 Å². The molecule has 2 heterocycles. The lowest BCUT2D eigenvalue weighted by Crippen LogP contribution is -2.23. The number of azo groups is 1. The zero-order chi connectivity index (χ0) is 24.0. The van der Waals surface area contributed by atoms with Crippen LogP contribution in [0.5, 0.6) is 11.5 Å². The Kier molecular flexibility index (Phi) is 6.30. The molecule has 3 aromatic carbocycles. The summed E-state index contributed by atoms with van der Waals surface area (Å²) in [4.78, 5) is 11.1. The van der Waals surface area contributed by atoms with Crippen LogP contribution in [0.15, 0.2) is 114 Å². The van der Waals surface area contributed by atoms with Crippen LogP contribution in [0, 0.1) is 0 Å². The highest BCUT2D eigenvalue weighted by molar-refractivity contribution is 6.00. The third-order valence-electron chi connectivity index (χ3n) is 5.62. The molecule has 2 aromatic heterocycles. The van der Waals surface area contributed by atoms with Crippen molar-refractivity contribution in [3.63, 3.8) is 0 Å². The normalized spacial score (nSPS) is 11.2. The van der Waals surface area contributed by atoms with Gasteiger partial charge in [-0.05, 0) is 54.6 Å². The average Bonchev–Trinajstić information content (AvgIpc) is 2.90. The van der Waals surface area contributed by atoms with Gasteiger partial charge in [0.05, 0.1) is 41.2 Å². The van der Waals surface area contributed by atoms with Crippen LogP contribution in [-0.4, -0.2) is 20.2 Å². The summed E-state index contributed by atoms with van der Waals surface area (Å²) in [6, 6.07) is 27.6. The van der Waals surface area contributed by atoms with Gasteiger partial charge in [-0.3, -0.25) is 9.97 Å². The first-order chi connectivity index (χ1) is 17.2. The summed E-state index contributed by atoms with van der Waals surface area (Å²) in [7, 11) is 0. The molecule has 7 nitrogen and oxygen atoms in total. The van der Waals surface area contributed by atoms with Gasteiger partial charge in [-0.25, -0.2) is 0 Å². The van der Waals surface area contributed by atoms with Crippen molar-refractivity contribution in [1.82, 2.24) is 9.97 Å². The van der Waals surface area contributed by atoms with Gasteiger partial charge in [0.2, 0.25) is 0 Å². The minimum Gasteiger partial charge on any atom is -0.507 e. The zero-order valence-electron chi connectivity index (χ0n) is 18.9. The number of hydrogen-bond donors (Lipinski definition) is 2. The highest BCUT2D eigenvalue weighted by atomic mass is 16.3. The number of para-hydroxylation sites is 1. The molecule has 0 fully saturated rings. The molecule has 5 aromatic rings. The van der Waals surface area contributed by atoms with Crippen LogP contribution < -0.4 is 4.90 Å². The minimum atomic E-state index is 0.0348. The van der Waals surface area contributed by atoms with Crippen LogP contribution in [0.3, 0.4) is 0 Å². The van der Waals surface area contributed by atoms with Gasteiger partial charge in [-0.1, -0.05) is 36.4 Å². The Bertz CT molecular complexity index is 1430. The molecule has 0 aliphatic rings. The lowest BCUT2D eigenvalue weighted by atomic mass is 10.1. The molecule has 7 heteroatoms. The lowest BCUT2D eigenvalue weighted by Gasteiger charge is -2.25. The van der Waals surface area contributed by atoms with Gasteiger partial charge < -0.3 is 15.1 Å². The van der Waals surface area contributed by atoms with Crippen molar-refractivity contribution >= 4 is 27.8 Å². The summed E-state index contributed by atoms with van der Waals surface area (Å²) < 4.78 is 0. The fraction of sp³-hybridized carbons (Fsp3) is 0.0714. The van der Waals surface area contributed by atoms with E-state index in [-0.39, 0.29) is 11.5 Å². The Morgan fingerprint density at radius 3 is 1.94 bits per heavy atom. The van der Waals surface area contributed by atoms with E-state index in [2.05, 4.69) is 25.1 Å². The van der Waals surface area contributed by atoms with Crippen molar-refractivity contribution in [2.24, 2.45) is 10.2 Å². The fourth-order valence-corrected chi connectivity index (χ4v) is 3.96. The topological polar surface area (TPSA) is 94.2 Å². The molecule has 0 amide bonds. The molecule has 0 radical (unpaired) electrons. The third-order valence-corrected chi connectivity index (χ3v) is 5.62. The number of rotatable bonds is 7. The average molecular weight is 462 g/mol. The summed E-state index contributed by atoms with van der Waals surface area (Å²) in [5.41, 5.74) is 3.84. The molecular formula is C28H23N5O2. The quantitative estimate of drug-likeness (QED) is 0.264. The van der Waals surface area contributed by atoms with Crippen molar-refractivity contribution in [2.75, 3.05) is 4.90 Å². The lowest BCUT2D eigenvalue weighted by molar-refractivity contribution is 0.475. The second-order valence-electron chi connectivity index (χ2n) is 7.99. The molecule has 172 valence electrons. The second-order valence-corrected chi connectivity index (χ2v) is 7.99. The number of phenols is 2. The number of pyridine rings is 2. The predicted octanol–water partition coefficient (Wildman–Crippen LogP) is 6.66. The summed E-state index contributed by atoms with van der Waals surface area (Å²) in [5.74, 6) is 0.111. The number of aromatic hydroxyl groups is 2.